The van der Waals surface area contributed by atoms with E-state index in [2.05, 4.69) is 81.8 Å². The number of nitrogens with zero attached hydrogens (tertiary/aromatic N) is 3. The number of hydrogen-bond donors (Lipinski definition) is 0. The number of aromatic nitrogens is 2. The second-order valence-electron chi connectivity index (χ2n) is 14.3. The summed E-state index contributed by atoms with van der Waals surface area (Å²) in [7, 11) is 0. The number of nitriles is 1. The Bertz CT molecular complexity index is 2650. The molecule has 1 radical (unpaired) electrons. The van der Waals surface area contributed by atoms with Crippen LogP contribution in [-0.2, 0) is 26.5 Å². The van der Waals surface area contributed by atoms with Crippen molar-refractivity contribution in [2.24, 2.45) is 5.92 Å². The summed E-state index contributed by atoms with van der Waals surface area (Å²) in [6.07, 6.45) is 2.22. The Labute approximate surface area is 337 Å². The minimum absolute atomic E-state index is 0. The number of pyridine rings is 2. The summed E-state index contributed by atoms with van der Waals surface area (Å²) < 4.78 is 24.5. The molecular weight excluding hydrogens is 899 g/mol. The molecule has 269 valence electrons. The van der Waals surface area contributed by atoms with Gasteiger partial charge in [0.1, 0.15) is 5.58 Å². The van der Waals surface area contributed by atoms with Crippen LogP contribution in [-0.4, -0.2) is 23.2 Å². The van der Waals surface area contributed by atoms with Crippen molar-refractivity contribution < 1.29 is 27.3 Å². The molecule has 8 rings (SSSR count). The predicted octanol–water partition coefficient (Wildman–Crippen LogP) is 11.9. The number of hydrogen-bond acceptors (Lipinski definition) is 4. The van der Waals surface area contributed by atoms with Gasteiger partial charge in [-0.3, -0.25) is 0 Å². The molecule has 4 nitrogen and oxygen atoms in total. The molecule has 54 heavy (non-hydrogen) atoms. The van der Waals surface area contributed by atoms with Crippen LogP contribution in [0.15, 0.2) is 144 Å². The Hall–Kier alpha value is -5.12. The Morgan fingerprint density at radius 1 is 0.778 bits per heavy atom. The third kappa shape index (κ3) is 8.64. The van der Waals surface area contributed by atoms with Gasteiger partial charge in [-0.15, -0.1) is 18.2 Å². The Kier molecular flexibility index (Phi) is 11.2. The average molecular weight is 943 g/mol. The molecule has 8 aromatic rings. The molecule has 0 saturated heterocycles. The Balaban J connectivity index is 0.000000193. The van der Waals surface area contributed by atoms with E-state index in [1.54, 1.807) is 18.3 Å². The first-order valence-corrected chi connectivity index (χ1v) is 25.2. The van der Waals surface area contributed by atoms with Crippen LogP contribution in [0.5, 0.6) is 0 Å². The zero-order valence-electron chi connectivity index (χ0n) is 32.9. The fraction of sp³-hybridized carbons (Fsp3) is 0.146. The molecule has 0 spiro atoms. The van der Waals surface area contributed by atoms with Gasteiger partial charge in [-0.1, -0.05) is 72.8 Å². The van der Waals surface area contributed by atoms with Gasteiger partial charge < -0.3 is 9.40 Å². The van der Waals surface area contributed by atoms with Crippen molar-refractivity contribution in [2.45, 2.75) is 37.5 Å². The summed E-state index contributed by atoms with van der Waals surface area (Å²) in [6.45, 7) is 3.77. The molecule has 0 N–H and O–H groups in total. The number of furan rings is 1. The van der Waals surface area contributed by atoms with Crippen LogP contribution in [0, 0.1) is 29.4 Å². The summed E-state index contributed by atoms with van der Waals surface area (Å²) in [6, 6.07) is 50.7. The molecule has 6 heteroatoms. The maximum Gasteiger partial charge on any atom is 0 e. The maximum absolute atomic E-state index is 9.39. The molecule has 0 aliphatic heterocycles. The largest absolute Gasteiger partial charge is 0 e. The van der Waals surface area contributed by atoms with Gasteiger partial charge in [0.15, 0.2) is 0 Å². The SMILES string of the molecule is [2H]C([2H])(c1ccnc(-c2[c-]ccc3c2oc2ccc(-c4ccccc4)cc23)c1)C(C)C.[CH3][Ge]([CH3])([CH3])[c]1ccc(-c2[c-]cc(C#N)c(-c3ccccc3)c2)nc1.[Ir]. The molecule has 3 aromatic heterocycles. The quantitative estimate of drug-likeness (QED) is 0.118. The van der Waals surface area contributed by atoms with Gasteiger partial charge in [-0.05, 0) is 47.3 Å². The zero-order chi connectivity index (χ0) is 38.7. The molecule has 0 atom stereocenters. The van der Waals surface area contributed by atoms with Gasteiger partial charge in [0.05, 0.1) is 5.58 Å². The standard InChI is InChI=1S/C27H22NO.C21H19GeN2.Ir/c1-18(2)15-19-13-14-28-25(16-19)23-10-6-9-22-24-17-21(20-7-4-3-5-8-20)11-12-26(24)29-27(22)23;1-22(2,3)19-11-12-21(24-15-19)17-9-10-18(14-23)20(13-17)16-7-5-4-6-8-16;/h3-9,11-14,16-18H,15H2,1-2H3;4-8,10-13,15H,1-3H3;/q2*-1;/i15D2;;. The fourth-order valence-corrected chi connectivity index (χ4v) is 8.49. The first kappa shape index (κ1) is 35.9. The average Bonchev–Trinajstić information content (AvgIpc) is 3.59. The van der Waals surface area contributed by atoms with E-state index in [4.69, 9.17) is 7.16 Å². The molecule has 0 aliphatic carbocycles. The number of fused-ring (bicyclic) bond motifs is 3. The van der Waals surface area contributed by atoms with Gasteiger partial charge in [-0.25, -0.2) is 0 Å². The van der Waals surface area contributed by atoms with Crippen LogP contribution in [0.3, 0.4) is 0 Å². The number of benzene rings is 5. The summed E-state index contributed by atoms with van der Waals surface area (Å²) >= 11 is -1.85. The molecule has 3 heterocycles. The van der Waals surface area contributed by atoms with E-state index in [0.717, 1.165) is 61.0 Å². The van der Waals surface area contributed by atoms with Crippen molar-refractivity contribution in [3.05, 3.63) is 163 Å². The second-order valence-corrected chi connectivity index (χ2v) is 25.0. The summed E-state index contributed by atoms with van der Waals surface area (Å²) in [5, 5.41) is 11.4. The van der Waals surface area contributed by atoms with E-state index in [1.165, 1.54) is 4.40 Å². The van der Waals surface area contributed by atoms with E-state index >= 15 is 0 Å². The Morgan fingerprint density at radius 2 is 1.52 bits per heavy atom. The maximum atomic E-state index is 9.39. The van der Waals surface area contributed by atoms with E-state index in [-0.39, 0.29) is 26.0 Å². The first-order valence-electron chi connectivity index (χ1n) is 18.8. The van der Waals surface area contributed by atoms with E-state index in [0.29, 0.717) is 16.8 Å². The molecule has 0 unspecified atom stereocenters. The Morgan fingerprint density at radius 3 is 2.19 bits per heavy atom. The van der Waals surface area contributed by atoms with Crippen molar-refractivity contribution >= 4 is 39.6 Å². The van der Waals surface area contributed by atoms with E-state index in [9.17, 15) is 5.26 Å². The second kappa shape index (κ2) is 16.9. The minimum Gasteiger partial charge on any atom is 0 e. The summed E-state index contributed by atoms with van der Waals surface area (Å²) in [4.78, 5) is 9.15. The van der Waals surface area contributed by atoms with E-state index in [1.807, 2.05) is 98.9 Å². The van der Waals surface area contributed by atoms with Crippen LogP contribution < -0.4 is 4.40 Å². The minimum atomic E-state index is -1.85. The molecular formula is C48H41GeIrN3O-2. The normalized spacial score (nSPS) is 11.9. The third-order valence-corrected chi connectivity index (χ3v) is 13.3. The molecule has 0 saturated carbocycles. The molecule has 5 aromatic carbocycles. The van der Waals surface area contributed by atoms with Gasteiger partial charge in [0.25, 0.3) is 0 Å². The van der Waals surface area contributed by atoms with Crippen molar-refractivity contribution in [2.75, 3.05) is 0 Å². The van der Waals surface area contributed by atoms with Crippen molar-refractivity contribution in [1.29, 1.82) is 5.26 Å². The van der Waals surface area contributed by atoms with Crippen LogP contribution in [0.25, 0.3) is 66.7 Å². The predicted molar refractivity (Wildman–Crippen MR) is 221 cm³/mol. The van der Waals surface area contributed by atoms with Gasteiger partial charge >= 0.3 is 146 Å². The van der Waals surface area contributed by atoms with Crippen LogP contribution >= 0.6 is 0 Å². The topological polar surface area (TPSA) is 62.7 Å². The van der Waals surface area contributed by atoms with Crippen molar-refractivity contribution in [1.82, 2.24) is 9.97 Å². The van der Waals surface area contributed by atoms with Gasteiger partial charge in [-0.2, -0.15) is 0 Å². The van der Waals surface area contributed by atoms with Crippen molar-refractivity contribution in [3.63, 3.8) is 0 Å². The molecule has 0 aliphatic rings. The monoisotopic (exact) mass is 944 g/mol. The van der Waals surface area contributed by atoms with Crippen LogP contribution in [0.2, 0.25) is 17.3 Å². The van der Waals surface area contributed by atoms with Crippen LogP contribution in [0.4, 0.5) is 0 Å². The third-order valence-electron chi connectivity index (χ3n) is 9.07. The fourth-order valence-electron chi connectivity index (χ4n) is 6.32. The van der Waals surface area contributed by atoms with Crippen molar-refractivity contribution in [3.8, 4) is 50.8 Å². The molecule has 0 amide bonds. The van der Waals surface area contributed by atoms with Crippen LogP contribution in [0.1, 0.15) is 27.7 Å². The molecule has 0 bridgehead atoms. The zero-order valence-corrected chi connectivity index (χ0v) is 35.4. The number of rotatable bonds is 7. The van der Waals surface area contributed by atoms with E-state index < -0.39 is 19.6 Å². The summed E-state index contributed by atoms with van der Waals surface area (Å²) in [5.41, 5.74) is 10.2. The first-order chi connectivity index (χ1) is 26.4. The molecule has 0 fully saturated rings. The summed E-state index contributed by atoms with van der Waals surface area (Å²) in [5.74, 6) is 6.93. The van der Waals surface area contributed by atoms with Gasteiger partial charge in [0.2, 0.25) is 0 Å². The van der Waals surface area contributed by atoms with Gasteiger partial charge in [0, 0.05) is 34.4 Å². The smallest absolute Gasteiger partial charge is 0 e.